The van der Waals surface area contributed by atoms with Crippen LogP contribution in [0.2, 0.25) is 0 Å². The van der Waals surface area contributed by atoms with Crippen molar-refractivity contribution in [2.24, 2.45) is 5.92 Å². The number of sulfonamides is 1. The summed E-state index contributed by atoms with van der Waals surface area (Å²) < 4.78 is 27.8. The van der Waals surface area contributed by atoms with Crippen LogP contribution in [0.25, 0.3) is 0 Å². The van der Waals surface area contributed by atoms with Crippen molar-refractivity contribution in [2.45, 2.75) is 69.7 Å². The minimum Gasteiger partial charge on any atom is -0.208 e. The van der Waals surface area contributed by atoms with Crippen LogP contribution in [0.15, 0.2) is 29.2 Å². The first-order valence-electron chi connectivity index (χ1n) is 8.14. The van der Waals surface area contributed by atoms with Gasteiger partial charge in [-0.3, -0.25) is 0 Å². The molecule has 1 fully saturated rings. The van der Waals surface area contributed by atoms with Gasteiger partial charge in [-0.15, -0.1) is 0 Å². The summed E-state index contributed by atoms with van der Waals surface area (Å²) in [6.07, 6.45) is 7.71. The van der Waals surface area contributed by atoms with Gasteiger partial charge in [-0.05, 0) is 49.3 Å². The molecule has 0 bridgehead atoms. The predicted octanol–water partition coefficient (Wildman–Crippen LogP) is 3.89. The number of aryl methyl sites for hydroxylation is 1. The molecule has 0 saturated heterocycles. The molecule has 1 aliphatic rings. The van der Waals surface area contributed by atoms with Crippen molar-refractivity contribution in [3.05, 3.63) is 29.8 Å². The molecule has 0 radical (unpaired) electrons. The number of hydrogen-bond acceptors (Lipinski definition) is 2. The van der Waals surface area contributed by atoms with Crippen LogP contribution >= 0.6 is 0 Å². The molecule has 3 nitrogen and oxygen atoms in total. The van der Waals surface area contributed by atoms with Crippen LogP contribution in [-0.4, -0.2) is 14.5 Å². The summed E-state index contributed by atoms with van der Waals surface area (Å²) in [5, 5.41) is 0. The van der Waals surface area contributed by atoms with Gasteiger partial charge in [0.15, 0.2) is 0 Å². The van der Waals surface area contributed by atoms with Gasteiger partial charge in [-0.25, -0.2) is 13.1 Å². The van der Waals surface area contributed by atoms with Crippen molar-refractivity contribution in [1.82, 2.24) is 4.72 Å². The molecule has 1 aliphatic carbocycles. The fourth-order valence-electron chi connectivity index (χ4n) is 2.97. The summed E-state index contributed by atoms with van der Waals surface area (Å²) in [6.45, 7) is 4.30. The fourth-order valence-corrected chi connectivity index (χ4v) is 4.35. The van der Waals surface area contributed by atoms with Crippen molar-refractivity contribution >= 4 is 10.0 Å². The molecule has 118 valence electrons. The van der Waals surface area contributed by atoms with Crippen molar-refractivity contribution < 1.29 is 8.42 Å². The van der Waals surface area contributed by atoms with Crippen LogP contribution in [0.4, 0.5) is 0 Å². The lowest BCUT2D eigenvalue weighted by Gasteiger charge is -2.29. The largest absolute Gasteiger partial charge is 0.240 e. The topological polar surface area (TPSA) is 46.2 Å². The fraction of sp³-hybridized carbons (Fsp3) is 0.647. The summed E-state index contributed by atoms with van der Waals surface area (Å²) in [5.41, 5.74) is 1.21. The molecule has 1 N–H and O–H groups in total. The molecule has 1 aromatic rings. The monoisotopic (exact) mass is 309 g/mol. The molecule has 2 rings (SSSR count). The lowest BCUT2D eigenvalue weighted by Crippen LogP contribution is -2.40. The van der Waals surface area contributed by atoms with Crippen LogP contribution in [0, 0.1) is 5.92 Å². The summed E-state index contributed by atoms with van der Waals surface area (Å²) in [6, 6.07) is 7.44. The van der Waals surface area contributed by atoms with E-state index in [4.69, 9.17) is 0 Å². The van der Waals surface area contributed by atoms with E-state index in [0.29, 0.717) is 10.8 Å². The molecule has 21 heavy (non-hydrogen) atoms. The second-order valence-electron chi connectivity index (χ2n) is 6.24. The van der Waals surface area contributed by atoms with Gasteiger partial charge in [0.05, 0.1) is 4.90 Å². The van der Waals surface area contributed by atoms with Crippen LogP contribution < -0.4 is 4.72 Å². The lowest BCUT2D eigenvalue weighted by molar-refractivity contribution is 0.310. The van der Waals surface area contributed by atoms with Gasteiger partial charge in [0.25, 0.3) is 0 Å². The first-order chi connectivity index (χ1) is 10.0. The molecule has 1 saturated carbocycles. The maximum Gasteiger partial charge on any atom is 0.240 e. The van der Waals surface area contributed by atoms with E-state index in [-0.39, 0.29) is 6.04 Å². The zero-order chi connectivity index (χ0) is 15.3. The maximum absolute atomic E-state index is 12.5. The normalized spacial score (nSPS) is 23.1. The average molecular weight is 309 g/mol. The molecule has 0 aromatic heterocycles. The number of benzene rings is 1. The Morgan fingerprint density at radius 1 is 1.14 bits per heavy atom. The molecular weight excluding hydrogens is 282 g/mol. The molecule has 0 amide bonds. The Labute approximate surface area is 129 Å². The van der Waals surface area contributed by atoms with Crippen LogP contribution in [0.5, 0.6) is 0 Å². The molecule has 0 heterocycles. The quantitative estimate of drug-likeness (QED) is 0.866. The Hall–Kier alpha value is -0.870. The van der Waals surface area contributed by atoms with Gasteiger partial charge < -0.3 is 0 Å². The van der Waals surface area contributed by atoms with Crippen LogP contribution in [0.3, 0.4) is 0 Å². The number of rotatable bonds is 6. The zero-order valence-electron chi connectivity index (χ0n) is 13.1. The highest BCUT2D eigenvalue weighted by molar-refractivity contribution is 7.89. The van der Waals surface area contributed by atoms with Gasteiger partial charge in [-0.1, -0.05) is 45.2 Å². The number of nitrogens with one attached hydrogen (secondary N) is 1. The van der Waals surface area contributed by atoms with Crippen molar-refractivity contribution in [2.75, 3.05) is 0 Å². The SMILES string of the molecule is CCCCc1ccc(S(=O)(=O)NC2CCCCC2C)cc1. The molecule has 2 atom stereocenters. The standard InChI is InChI=1S/C17H27NO2S/c1-3-4-8-15-10-12-16(13-11-15)21(19,20)18-17-9-6-5-7-14(17)2/h10-14,17-18H,3-9H2,1-2H3. The average Bonchev–Trinajstić information content (AvgIpc) is 2.48. The minimum atomic E-state index is -3.38. The van der Waals surface area contributed by atoms with Crippen LogP contribution in [0.1, 0.15) is 57.9 Å². The van der Waals surface area contributed by atoms with E-state index >= 15 is 0 Å². The third-order valence-electron chi connectivity index (χ3n) is 4.47. The lowest BCUT2D eigenvalue weighted by atomic mass is 9.87. The van der Waals surface area contributed by atoms with E-state index in [1.165, 1.54) is 12.0 Å². The van der Waals surface area contributed by atoms with Crippen molar-refractivity contribution in [3.8, 4) is 0 Å². The van der Waals surface area contributed by atoms with Gasteiger partial charge in [0.1, 0.15) is 0 Å². The van der Waals surface area contributed by atoms with Crippen LogP contribution in [-0.2, 0) is 16.4 Å². The van der Waals surface area contributed by atoms with E-state index < -0.39 is 10.0 Å². The highest BCUT2D eigenvalue weighted by Gasteiger charge is 2.26. The Morgan fingerprint density at radius 2 is 1.81 bits per heavy atom. The third kappa shape index (κ3) is 4.55. The highest BCUT2D eigenvalue weighted by atomic mass is 32.2. The van der Waals surface area contributed by atoms with E-state index in [1.807, 2.05) is 12.1 Å². The van der Waals surface area contributed by atoms with Crippen molar-refractivity contribution in [3.63, 3.8) is 0 Å². The highest BCUT2D eigenvalue weighted by Crippen LogP contribution is 2.25. The smallest absolute Gasteiger partial charge is 0.208 e. The molecule has 0 aliphatic heterocycles. The first kappa shape index (κ1) is 16.5. The maximum atomic E-state index is 12.5. The molecule has 1 aromatic carbocycles. The van der Waals surface area contributed by atoms with Gasteiger partial charge in [-0.2, -0.15) is 0 Å². The second-order valence-corrected chi connectivity index (χ2v) is 7.95. The molecule has 2 unspecified atom stereocenters. The Balaban J connectivity index is 2.04. The summed E-state index contributed by atoms with van der Waals surface area (Å²) in [4.78, 5) is 0.389. The molecular formula is C17H27NO2S. The number of hydrogen-bond donors (Lipinski definition) is 1. The first-order valence-corrected chi connectivity index (χ1v) is 9.62. The summed E-state index contributed by atoms with van der Waals surface area (Å²) in [5.74, 6) is 0.428. The number of unbranched alkanes of at least 4 members (excludes halogenated alkanes) is 1. The molecule has 0 spiro atoms. The second kappa shape index (κ2) is 7.41. The van der Waals surface area contributed by atoms with E-state index in [2.05, 4.69) is 18.6 Å². The van der Waals surface area contributed by atoms with Gasteiger partial charge in [0.2, 0.25) is 10.0 Å². The molecule has 4 heteroatoms. The Morgan fingerprint density at radius 3 is 2.43 bits per heavy atom. The van der Waals surface area contributed by atoms with E-state index in [9.17, 15) is 8.42 Å². The van der Waals surface area contributed by atoms with E-state index in [0.717, 1.165) is 38.5 Å². The Bertz CT molecular complexity index is 536. The predicted molar refractivity (Wildman–Crippen MR) is 86.8 cm³/mol. The summed E-state index contributed by atoms with van der Waals surface area (Å²) >= 11 is 0. The summed E-state index contributed by atoms with van der Waals surface area (Å²) in [7, 11) is -3.38. The Kier molecular flexibility index (Phi) is 5.82. The minimum absolute atomic E-state index is 0.0866. The van der Waals surface area contributed by atoms with Gasteiger partial charge in [0, 0.05) is 6.04 Å². The zero-order valence-corrected chi connectivity index (χ0v) is 14.0. The van der Waals surface area contributed by atoms with Crippen molar-refractivity contribution in [1.29, 1.82) is 0 Å². The third-order valence-corrected chi connectivity index (χ3v) is 5.98. The van der Waals surface area contributed by atoms with E-state index in [1.54, 1.807) is 12.1 Å². The van der Waals surface area contributed by atoms with Gasteiger partial charge >= 0.3 is 0 Å².